The van der Waals surface area contributed by atoms with Crippen molar-refractivity contribution < 1.29 is 3.89 Å². The van der Waals surface area contributed by atoms with Gasteiger partial charge in [-0.1, -0.05) is 0 Å². The van der Waals surface area contributed by atoms with Crippen LogP contribution in [0.25, 0.3) is 10.9 Å². The summed E-state index contributed by atoms with van der Waals surface area (Å²) in [4.78, 5) is 11.5. The van der Waals surface area contributed by atoms with Crippen LogP contribution < -0.4 is 5.56 Å². The van der Waals surface area contributed by atoms with Crippen molar-refractivity contribution in [2.24, 2.45) is 7.05 Å². The molecule has 2 aromatic heterocycles. The van der Waals surface area contributed by atoms with E-state index < -0.39 is 0 Å². The Morgan fingerprint density at radius 1 is 1.57 bits per heavy atom. The molecule has 2 aromatic rings. The van der Waals surface area contributed by atoms with Crippen molar-refractivity contribution in [3.8, 4) is 0 Å². The summed E-state index contributed by atoms with van der Waals surface area (Å²) < 4.78 is 15.3. The minimum atomic E-state index is -0.240. The molecule has 0 atom stereocenters. The fourth-order valence-electron chi connectivity index (χ4n) is 1.19. The summed E-state index contributed by atoms with van der Waals surface area (Å²) in [5.74, 6) is 0. The first-order valence-corrected chi connectivity index (χ1v) is 5.13. The SMILES string of the molecule is Cn1cc(Br)c2cn(SF)nc2c1=O. The van der Waals surface area contributed by atoms with Gasteiger partial charge in [0.05, 0.1) is 0 Å². The molecule has 0 aliphatic rings. The quantitative estimate of drug-likeness (QED) is 0.799. The van der Waals surface area contributed by atoms with Gasteiger partial charge in [0.25, 0.3) is 5.56 Å². The third kappa shape index (κ3) is 1.36. The lowest BCUT2D eigenvalue weighted by Crippen LogP contribution is -2.16. The summed E-state index contributed by atoms with van der Waals surface area (Å²) >= 11 is 3.23. The molecule has 0 amide bonds. The maximum atomic E-state index is 12.2. The fraction of sp³-hybridized carbons (Fsp3) is 0.143. The zero-order valence-electron chi connectivity index (χ0n) is 7.07. The van der Waals surface area contributed by atoms with Crippen LogP contribution in [-0.2, 0) is 7.05 Å². The largest absolute Gasteiger partial charge is 0.316 e. The molecule has 14 heavy (non-hydrogen) atoms. The van der Waals surface area contributed by atoms with E-state index in [1.807, 2.05) is 0 Å². The molecule has 0 spiro atoms. The van der Waals surface area contributed by atoms with E-state index in [2.05, 4.69) is 21.0 Å². The number of nitrogens with zero attached hydrogens (tertiary/aromatic N) is 3. The highest BCUT2D eigenvalue weighted by molar-refractivity contribution is 9.10. The van der Waals surface area contributed by atoms with E-state index in [4.69, 9.17) is 0 Å². The maximum absolute atomic E-state index is 12.2. The number of fused-ring (bicyclic) bond motifs is 1. The van der Waals surface area contributed by atoms with E-state index in [-0.39, 0.29) is 23.4 Å². The Balaban J connectivity index is 2.91. The summed E-state index contributed by atoms with van der Waals surface area (Å²) in [6.07, 6.45) is 3.09. The second-order valence-electron chi connectivity index (χ2n) is 2.76. The van der Waals surface area contributed by atoms with Gasteiger partial charge in [-0.3, -0.25) is 4.79 Å². The number of hydrogen-bond acceptors (Lipinski definition) is 3. The molecule has 0 aliphatic heterocycles. The van der Waals surface area contributed by atoms with Gasteiger partial charge in [-0.15, -0.1) is 3.89 Å². The first-order chi connectivity index (χ1) is 6.63. The maximum Gasteiger partial charge on any atom is 0.278 e. The molecule has 0 saturated carbocycles. The third-order valence-corrected chi connectivity index (χ3v) is 2.81. The highest BCUT2D eigenvalue weighted by Crippen LogP contribution is 2.21. The Bertz CT molecular complexity index is 550. The Morgan fingerprint density at radius 2 is 2.29 bits per heavy atom. The predicted octanol–water partition coefficient (Wildman–Crippen LogP) is 1.88. The van der Waals surface area contributed by atoms with E-state index in [1.54, 1.807) is 13.2 Å². The van der Waals surface area contributed by atoms with Gasteiger partial charge in [0.2, 0.25) is 0 Å². The van der Waals surface area contributed by atoms with Crippen molar-refractivity contribution in [2.75, 3.05) is 0 Å². The van der Waals surface area contributed by atoms with Crippen molar-refractivity contribution in [3.63, 3.8) is 0 Å². The first kappa shape index (κ1) is 9.72. The van der Waals surface area contributed by atoms with Gasteiger partial charge < -0.3 is 4.57 Å². The monoisotopic (exact) mass is 277 g/mol. The van der Waals surface area contributed by atoms with Crippen LogP contribution in [0.2, 0.25) is 0 Å². The molecule has 0 N–H and O–H groups in total. The van der Waals surface area contributed by atoms with Crippen LogP contribution in [0.1, 0.15) is 0 Å². The van der Waals surface area contributed by atoms with Gasteiger partial charge in [-0.25, -0.2) is 0 Å². The zero-order chi connectivity index (χ0) is 10.3. The van der Waals surface area contributed by atoms with E-state index >= 15 is 0 Å². The normalized spacial score (nSPS) is 11.1. The molecule has 0 aromatic carbocycles. The molecule has 0 radical (unpaired) electrons. The molecule has 0 bridgehead atoms. The Morgan fingerprint density at radius 3 is 2.93 bits per heavy atom. The van der Waals surface area contributed by atoms with Crippen molar-refractivity contribution in [1.82, 2.24) is 13.8 Å². The predicted molar refractivity (Wildman–Crippen MR) is 56.8 cm³/mol. The molecule has 4 nitrogen and oxygen atoms in total. The summed E-state index contributed by atoms with van der Waals surface area (Å²) in [5.41, 5.74) is 0.0167. The molecule has 0 saturated heterocycles. The minimum Gasteiger partial charge on any atom is -0.316 e. The lowest BCUT2D eigenvalue weighted by molar-refractivity contribution is 0.856. The van der Waals surface area contributed by atoms with Crippen LogP contribution in [0.3, 0.4) is 0 Å². The average molecular weight is 278 g/mol. The first-order valence-electron chi connectivity index (χ1n) is 3.67. The van der Waals surface area contributed by atoms with Gasteiger partial charge in [-0.2, -0.15) is 9.19 Å². The van der Waals surface area contributed by atoms with Crippen LogP contribution in [0.5, 0.6) is 0 Å². The molecule has 74 valence electrons. The summed E-state index contributed by atoms with van der Waals surface area (Å²) in [6, 6.07) is 0. The number of rotatable bonds is 1. The topological polar surface area (TPSA) is 39.8 Å². The second kappa shape index (κ2) is 3.39. The second-order valence-corrected chi connectivity index (χ2v) is 4.12. The number of aryl methyl sites for hydroxylation is 1. The number of aromatic nitrogens is 3. The van der Waals surface area contributed by atoms with Crippen molar-refractivity contribution in [2.45, 2.75) is 0 Å². The molecule has 7 heteroatoms. The van der Waals surface area contributed by atoms with E-state index in [0.29, 0.717) is 5.39 Å². The minimum absolute atomic E-state index is 0.0456. The van der Waals surface area contributed by atoms with Gasteiger partial charge in [0, 0.05) is 29.3 Å². The smallest absolute Gasteiger partial charge is 0.278 e. The van der Waals surface area contributed by atoms with Crippen molar-refractivity contribution in [3.05, 3.63) is 27.2 Å². The molecular weight excluding hydrogens is 273 g/mol. The Kier molecular flexibility index (Phi) is 2.36. The Labute approximate surface area is 91.3 Å². The standard InChI is InChI=1S/C7H5BrFN3OS/c1-11-3-5(8)4-2-12(14-9)10-6(4)7(11)13/h2-3H,1H3. The molecule has 0 aliphatic carbocycles. The van der Waals surface area contributed by atoms with Gasteiger partial charge in [0.15, 0.2) is 17.9 Å². The van der Waals surface area contributed by atoms with E-state index in [0.717, 1.165) is 8.56 Å². The fourth-order valence-corrected chi connectivity index (χ4v) is 2.04. The van der Waals surface area contributed by atoms with Crippen molar-refractivity contribution >= 4 is 39.2 Å². The molecule has 2 rings (SSSR count). The Hall–Kier alpha value is -0.820. The van der Waals surface area contributed by atoms with Crippen molar-refractivity contribution in [1.29, 1.82) is 0 Å². The van der Waals surface area contributed by atoms with Crippen LogP contribution in [0.4, 0.5) is 3.89 Å². The molecule has 0 unspecified atom stereocenters. The summed E-state index contributed by atoms with van der Waals surface area (Å²) in [7, 11) is 1.62. The summed E-state index contributed by atoms with van der Waals surface area (Å²) in [6.45, 7) is 0. The highest BCUT2D eigenvalue weighted by atomic mass is 79.9. The molecule has 2 heterocycles. The number of hydrogen-bond donors (Lipinski definition) is 0. The molecule has 0 fully saturated rings. The van der Waals surface area contributed by atoms with Crippen LogP contribution in [-0.4, -0.2) is 13.8 Å². The molecular formula is C7H5BrFN3OS. The third-order valence-electron chi connectivity index (χ3n) is 1.85. The van der Waals surface area contributed by atoms with Gasteiger partial charge >= 0.3 is 0 Å². The van der Waals surface area contributed by atoms with Crippen LogP contribution in [0.15, 0.2) is 21.7 Å². The number of halogens is 2. The highest BCUT2D eigenvalue weighted by Gasteiger charge is 2.10. The van der Waals surface area contributed by atoms with E-state index in [9.17, 15) is 8.68 Å². The zero-order valence-corrected chi connectivity index (χ0v) is 9.47. The van der Waals surface area contributed by atoms with E-state index in [1.165, 1.54) is 10.8 Å². The lowest BCUT2D eigenvalue weighted by atomic mass is 10.3. The van der Waals surface area contributed by atoms with Crippen LogP contribution in [0, 0.1) is 0 Å². The van der Waals surface area contributed by atoms with Gasteiger partial charge in [-0.05, 0) is 15.9 Å². The van der Waals surface area contributed by atoms with Gasteiger partial charge in [0.1, 0.15) is 0 Å². The van der Waals surface area contributed by atoms with Crippen LogP contribution >= 0.6 is 28.3 Å². The average Bonchev–Trinajstić information content (AvgIpc) is 2.58. The lowest BCUT2D eigenvalue weighted by Gasteiger charge is -1.97. The summed E-state index contributed by atoms with van der Waals surface area (Å²) in [5, 5.41) is 4.40. The number of pyridine rings is 1.